The third kappa shape index (κ3) is 3.36. The van der Waals surface area contributed by atoms with E-state index < -0.39 is 6.10 Å². The quantitative estimate of drug-likeness (QED) is 0.748. The van der Waals surface area contributed by atoms with Crippen molar-refractivity contribution in [3.8, 4) is 0 Å². The van der Waals surface area contributed by atoms with Gasteiger partial charge in [-0.2, -0.15) is 5.10 Å². The summed E-state index contributed by atoms with van der Waals surface area (Å²) in [6, 6.07) is 0. The Balaban J connectivity index is 2.86. The van der Waals surface area contributed by atoms with E-state index in [0.29, 0.717) is 18.8 Å². The van der Waals surface area contributed by atoms with Gasteiger partial charge in [-0.05, 0) is 13.3 Å². The first-order valence-corrected chi connectivity index (χ1v) is 6.22. The molecular formula is C12H24N4O2. The summed E-state index contributed by atoms with van der Waals surface area (Å²) in [5.41, 5.74) is 7.55. The Morgan fingerprint density at radius 1 is 1.56 bits per heavy atom. The number of nitrogens with two attached hydrogens (primary N) is 1. The molecule has 0 spiro atoms. The lowest BCUT2D eigenvalue weighted by atomic mass is 10.3. The van der Waals surface area contributed by atoms with E-state index in [4.69, 9.17) is 10.5 Å². The lowest BCUT2D eigenvalue weighted by Crippen LogP contribution is -2.33. The Morgan fingerprint density at radius 3 is 2.78 bits per heavy atom. The molecule has 0 amide bonds. The number of anilines is 2. The maximum Gasteiger partial charge on any atom is 0.150 e. The molecular weight excluding hydrogens is 232 g/mol. The number of ether oxygens (including phenoxy) is 1. The van der Waals surface area contributed by atoms with E-state index in [9.17, 15) is 5.11 Å². The number of aryl methyl sites for hydroxylation is 2. The molecule has 0 saturated carbocycles. The number of aliphatic hydroxyl groups is 1. The van der Waals surface area contributed by atoms with Gasteiger partial charge in [0.2, 0.25) is 0 Å². The molecule has 0 aromatic carbocycles. The molecule has 6 nitrogen and oxygen atoms in total. The number of nitrogens with zero attached hydrogens (tertiary/aromatic N) is 3. The monoisotopic (exact) mass is 256 g/mol. The van der Waals surface area contributed by atoms with Crippen molar-refractivity contribution in [1.29, 1.82) is 0 Å². The number of hydrogen-bond donors (Lipinski definition) is 2. The van der Waals surface area contributed by atoms with Crippen molar-refractivity contribution in [1.82, 2.24) is 9.78 Å². The fraction of sp³-hybridized carbons (Fsp3) is 0.750. The van der Waals surface area contributed by atoms with Crippen LogP contribution >= 0.6 is 0 Å². The van der Waals surface area contributed by atoms with Gasteiger partial charge in [-0.1, -0.05) is 6.92 Å². The Morgan fingerprint density at radius 2 is 2.22 bits per heavy atom. The second-order valence-corrected chi connectivity index (χ2v) is 4.54. The number of nitrogen functional groups attached to an aromatic ring is 1. The standard InChI is InChI=1S/C12H24N4O2/c1-5-6-16-12(11(13)9(2)14-16)15(3)7-10(17)8-18-4/h10,17H,5-8,13H2,1-4H3. The lowest BCUT2D eigenvalue weighted by molar-refractivity contribution is 0.0693. The molecule has 1 unspecified atom stereocenters. The van der Waals surface area contributed by atoms with Gasteiger partial charge >= 0.3 is 0 Å². The van der Waals surface area contributed by atoms with Gasteiger partial charge in [0.25, 0.3) is 0 Å². The van der Waals surface area contributed by atoms with Crippen LogP contribution < -0.4 is 10.6 Å². The molecule has 1 aromatic rings. The second kappa shape index (κ2) is 6.61. The number of hydrogen-bond acceptors (Lipinski definition) is 5. The van der Waals surface area contributed by atoms with E-state index in [2.05, 4.69) is 12.0 Å². The molecule has 18 heavy (non-hydrogen) atoms. The minimum Gasteiger partial charge on any atom is -0.394 e. The zero-order valence-corrected chi connectivity index (χ0v) is 11.7. The van der Waals surface area contributed by atoms with Crippen LogP contribution in [0.1, 0.15) is 19.0 Å². The van der Waals surface area contributed by atoms with Crippen molar-refractivity contribution in [3.63, 3.8) is 0 Å². The number of likely N-dealkylation sites (N-methyl/N-ethyl adjacent to an activating group) is 1. The molecule has 3 N–H and O–H groups in total. The van der Waals surface area contributed by atoms with Gasteiger partial charge in [-0.15, -0.1) is 0 Å². The fourth-order valence-electron chi connectivity index (χ4n) is 2.00. The van der Waals surface area contributed by atoms with Crippen LogP contribution in [0.25, 0.3) is 0 Å². The van der Waals surface area contributed by atoms with Crippen LogP contribution in [0.3, 0.4) is 0 Å². The van der Waals surface area contributed by atoms with E-state index in [1.807, 2.05) is 23.6 Å². The molecule has 104 valence electrons. The number of aromatic nitrogens is 2. The van der Waals surface area contributed by atoms with Crippen molar-refractivity contribution in [3.05, 3.63) is 5.69 Å². The Kier molecular flexibility index (Phi) is 5.43. The van der Waals surface area contributed by atoms with Gasteiger partial charge in [-0.3, -0.25) is 0 Å². The molecule has 0 saturated heterocycles. The fourth-order valence-corrected chi connectivity index (χ4v) is 2.00. The molecule has 0 aliphatic rings. The van der Waals surface area contributed by atoms with E-state index in [1.165, 1.54) is 0 Å². The first kappa shape index (κ1) is 14.8. The van der Waals surface area contributed by atoms with Gasteiger partial charge in [0.15, 0.2) is 0 Å². The molecule has 0 aliphatic carbocycles. The zero-order chi connectivity index (χ0) is 13.7. The number of rotatable bonds is 7. The molecule has 0 radical (unpaired) electrons. The summed E-state index contributed by atoms with van der Waals surface area (Å²) in [6.45, 7) is 5.58. The summed E-state index contributed by atoms with van der Waals surface area (Å²) in [5.74, 6) is 0.865. The minimum atomic E-state index is -0.537. The minimum absolute atomic E-state index is 0.311. The van der Waals surface area contributed by atoms with Gasteiger partial charge in [0.1, 0.15) is 5.82 Å². The highest BCUT2D eigenvalue weighted by Gasteiger charge is 2.18. The van der Waals surface area contributed by atoms with Crippen molar-refractivity contribution in [2.45, 2.75) is 32.9 Å². The van der Waals surface area contributed by atoms with Crippen LogP contribution in [0.2, 0.25) is 0 Å². The molecule has 1 atom stereocenters. The van der Waals surface area contributed by atoms with Crippen molar-refractivity contribution >= 4 is 11.5 Å². The second-order valence-electron chi connectivity index (χ2n) is 4.54. The molecule has 1 aromatic heterocycles. The predicted molar refractivity (Wildman–Crippen MR) is 72.8 cm³/mol. The van der Waals surface area contributed by atoms with E-state index in [0.717, 1.165) is 24.5 Å². The molecule has 1 rings (SSSR count). The highest BCUT2D eigenvalue weighted by atomic mass is 16.5. The third-order valence-electron chi connectivity index (χ3n) is 2.79. The SMILES string of the molecule is CCCn1nc(C)c(N)c1N(C)CC(O)COC. The van der Waals surface area contributed by atoms with Gasteiger partial charge in [0.05, 0.1) is 24.1 Å². The van der Waals surface area contributed by atoms with Crippen molar-refractivity contribution < 1.29 is 9.84 Å². The summed E-state index contributed by atoms with van der Waals surface area (Å²) < 4.78 is 6.82. The number of methoxy groups -OCH3 is 1. The smallest absolute Gasteiger partial charge is 0.150 e. The van der Waals surface area contributed by atoms with Crippen LogP contribution in [-0.4, -0.2) is 48.3 Å². The Bertz CT molecular complexity index is 378. The van der Waals surface area contributed by atoms with Crippen molar-refractivity contribution in [2.24, 2.45) is 0 Å². The van der Waals surface area contributed by atoms with Gasteiger partial charge < -0.3 is 20.5 Å². The molecule has 0 fully saturated rings. The summed E-state index contributed by atoms with van der Waals surface area (Å²) in [6.07, 6.45) is 0.451. The maximum atomic E-state index is 9.76. The van der Waals surface area contributed by atoms with Crippen molar-refractivity contribution in [2.75, 3.05) is 37.9 Å². The van der Waals surface area contributed by atoms with Crippen LogP contribution in [0.5, 0.6) is 0 Å². The lowest BCUT2D eigenvalue weighted by Gasteiger charge is -2.23. The van der Waals surface area contributed by atoms with Crippen LogP contribution in [-0.2, 0) is 11.3 Å². The highest BCUT2D eigenvalue weighted by Crippen LogP contribution is 2.25. The van der Waals surface area contributed by atoms with E-state index in [-0.39, 0.29) is 0 Å². The molecule has 6 heteroatoms. The average Bonchev–Trinajstić information content (AvgIpc) is 2.55. The zero-order valence-electron chi connectivity index (χ0n) is 11.7. The van der Waals surface area contributed by atoms with E-state index >= 15 is 0 Å². The Hall–Kier alpha value is -1.27. The van der Waals surface area contributed by atoms with Crippen LogP contribution in [0.15, 0.2) is 0 Å². The topological polar surface area (TPSA) is 76.5 Å². The van der Waals surface area contributed by atoms with Crippen LogP contribution in [0.4, 0.5) is 11.5 Å². The summed E-state index contributed by atoms with van der Waals surface area (Å²) in [4.78, 5) is 1.93. The van der Waals surface area contributed by atoms with Crippen LogP contribution in [0, 0.1) is 6.92 Å². The summed E-state index contributed by atoms with van der Waals surface area (Å²) in [5, 5.41) is 14.2. The first-order chi connectivity index (χ1) is 8.51. The maximum absolute atomic E-state index is 9.76. The molecule has 0 bridgehead atoms. The van der Waals surface area contributed by atoms with E-state index in [1.54, 1.807) is 7.11 Å². The number of aliphatic hydroxyl groups excluding tert-OH is 1. The summed E-state index contributed by atoms with van der Waals surface area (Å²) >= 11 is 0. The average molecular weight is 256 g/mol. The normalized spacial score (nSPS) is 12.7. The molecule has 1 heterocycles. The summed E-state index contributed by atoms with van der Waals surface area (Å²) in [7, 11) is 3.47. The van der Waals surface area contributed by atoms with Gasteiger partial charge in [-0.25, -0.2) is 4.68 Å². The third-order valence-corrected chi connectivity index (χ3v) is 2.79. The Labute approximate surface area is 108 Å². The largest absolute Gasteiger partial charge is 0.394 e. The molecule has 0 aliphatic heterocycles. The van der Waals surface area contributed by atoms with Gasteiger partial charge in [0, 0.05) is 27.2 Å². The highest BCUT2D eigenvalue weighted by molar-refractivity contribution is 5.65. The predicted octanol–water partition coefficient (Wildman–Crippen LogP) is 0.627. The first-order valence-electron chi connectivity index (χ1n) is 6.22.